The second-order valence-corrected chi connectivity index (χ2v) is 10.2. The van der Waals surface area contributed by atoms with Gasteiger partial charge in [0, 0.05) is 12.3 Å². The number of aromatic nitrogens is 3. The minimum Gasteiger partial charge on any atom is -0.481 e. The van der Waals surface area contributed by atoms with Crippen molar-refractivity contribution in [1.29, 1.82) is 0 Å². The lowest BCUT2D eigenvalue weighted by atomic mass is 9.71. The van der Waals surface area contributed by atoms with Crippen LogP contribution in [0.4, 0.5) is 0 Å². The Hall–Kier alpha value is -0.660. The van der Waals surface area contributed by atoms with E-state index in [1.165, 1.54) is 37.8 Å². The highest BCUT2D eigenvalue weighted by Crippen LogP contribution is 2.49. The van der Waals surface area contributed by atoms with Crippen LogP contribution in [-0.2, 0) is 4.79 Å². The maximum Gasteiger partial charge on any atom is 0.303 e. The number of nitrogens with zero attached hydrogens (tertiary/aromatic N) is 3. The fourth-order valence-electron chi connectivity index (χ4n) is 3.88. The molecule has 0 amide bonds. The fourth-order valence-corrected chi connectivity index (χ4v) is 4.63. The minimum atomic E-state index is -0.735. The van der Waals surface area contributed by atoms with Gasteiger partial charge in [-0.3, -0.25) is 4.79 Å². The summed E-state index contributed by atoms with van der Waals surface area (Å²) in [4.78, 5) is 10.8. The summed E-state index contributed by atoms with van der Waals surface area (Å²) < 4.78 is 2.34. The second kappa shape index (κ2) is 6.92. The number of hydrogen-bond donors (Lipinski definition) is 1. The molecule has 24 heavy (non-hydrogen) atoms. The van der Waals surface area contributed by atoms with Gasteiger partial charge in [-0.2, -0.15) is 0 Å². The molecular weight excluding hydrogens is 417 g/mol. The van der Waals surface area contributed by atoms with Gasteiger partial charge in [0.2, 0.25) is 0 Å². The zero-order valence-electron chi connectivity index (χ0n) is 14.8. The lowest BCUT2D eigenvalue weighted by Crippen LogP contribution is -2.31. The van der Waals surface area contributed by atoms with Crippen LogP contribution in [0.25, 0.3) is 0 Å². The summed E-state index contributed by atoms with van der Waals surface area (Å²) in [6.07, 6.45) is 6.97. The van der Waals surface area contributed by atoms with Gasteiger partial charge in [0.1, 0.15) is 0 Å². The number of aliphatic carboxylic acids is 1. The molecule has 1 unspecified atom stereocenters. The summed E-state index contributed by atoms with van der Waals surface area (Å²) in [7, 11) is 0. The molecule has 1 aromatic rings. The van der Waals surface area contributed by atoms with Crippen molar-refractivity contribution < 1.29 is 9.90 Å². The van der Waals surface area contributed by atoms with Gasteiger partial charge in [0.25, 0.3) is 0 Å². The molecule has 1 atom stereocenters. The maximum absolute atomic E-state index is 10.8. The molecule has 0 aromatic carbocycles. The zero-order valence-corrected chi connectivity index (χ0v) is 17.0. The fraction of sp³-hybridized carbons (Fsp3) is 0.833. The van der Waals surface area contributed by atoms with E-state index in [1.807, 2.05) is 0 Å². The van der Waals surface area contributed by atoms with Crippen LogP contribution >= 0.6 is 22.6 Å². The first-order valence-corrected chi connectivity index (χ1v) is 10.3. The van der Waals surface area contributed by atoms with Crippen molar-refractivity contribution in [2.75, 3.05) is 0 Å². The lowest BCUT2D eigenvalue weighted by Gasteiger charge is -2.39. The van der Waals surface area contributed by atoms with Crippen molar-refractivity contribution in [2.45, 2.75) is 81.6 Å². The SMILES string of the molecule is CC(C)(C)CC1CC(n2nnc(C(I)CCC(=O)O)c2C2CC2)C1. The van der Waals surface area contributed by atoms with Gasteiger partial charge in [-0.15, -0.1) is 5.10 Å². The Bertz CT molecular complexity index is 598. The quantitative estimate of drug-likeness (QED) is 0.480. The van der Waals surface area contributed by atoms with Gasteiger partial charge < -0.3 is 5.11 Å². The minimum absolute atomic E-state index is 0.147. The number of carboxylic acids is 1. The van der Waals surface area contributed by atoms with Gasteiger partial charge in [0.05, 0.1) is 21.4 Å². The van der Waals surface area contributed by atoms with Crippen LogP contribution in [0, 0.1) is 11.3 Å². The molecule has 134 valence electrons. The molecule has 5 nitrogen and oxygen atoms in total. The van der Waals surface area contributed by atoms with Crippen molar-refractivity contribution in [1.82, 2.24) is 15.0 Å². The average Bonchev–Trinajstić information content (AvgIpc) is 3.18. The zero-order chi connectivity index (χ0) is 17.5. The molecule has 1 N–H and O–H groups in total. The smallest absolute Gasteiger partial charge is 0.303 e. The van der Waals surface area contributed by atoms with Crippen molar-refractivity contribution in [3.05, 3.63) is 11.4 Å². The Morgan fingerprint density at radius 3 is 2.58 bits per heavy atom. The first-order valence-electron chi connectivity index (χ1n) is 9.05. The van der Waals surface area contributed by atoms with E-state index in [9.17, 15) is 4.79 Å². The summed E-state index contributed by atoms with van der Waals surface area (Å²) in [6, 6.07) is 0.497. The Kier molecular flexibility index (Phi) is 5.23. The molecule has 1 heterocycles. The van der Waals surface area contributed by atoms with Crippen molar-refractivity contribution in [3.63, 3.8) is 0 Å². The Morgan fingerprint density at radius 2 is 2.04 bits per heavy atom. The summed E-state index contributed by atoms with van der Waals surface area (Å²) in [5.74, 6) is 0.664. The van der Waals surface area contributed by atoms with Crippen LogP contribution in [0.3, 0.4) is 0 Å². The van der Waals surface area contributed by atoms with E-state index in [-0.39, 0.29) is 10.3 Å². The average molecular weight is 445 g/mol. The topological polar surface area (TPSA) is 68.0 Å². The monoisotopic (exact) mass is 445 g/mol. The van der Waals surface area contributed by atoms with Gasteiger partial charge in [-0.1, -0.05) is 48.6 Å². The van der Waals surface area contributed by atoms with E-state index in [4.69, 9.17) is 5.11 Å². The third kappa shape index (κ3) is 4.29. The van der Waals surface area contributed by atoms with Crippen LogP contribution in [0.1, 0.15) is 93.0 Å². The normalized spacial score (nSPS) is 25.3. The molecule has 2 saturated carbocycles. The Balaban J connectivity index is 1.68. The predicted molar refractivity (Wildman–Crippen MR) is 101 cm³/mol. The van der Waals surface area contributed by atoms with Gasteiger partial charge >= 0.3 is 5.97 Å². The van der Waals surface area contributed by atoms with Crippen LogP contribution < -0.4 is 0 Å². The highest BCUT2D eigenvalue weighted by atomic mass is 127. The number of halogens is 1. The number of carboxylic acid groups (broad SMARTS) is 1. The number of alkyl halides is 1. The van der Waals surface area contributed by atoms with Crippen LogP contribution in [-0.4, -0.2) is 26.1 Å². The molecular formula is C18H28IN3O2. The third-order valence-electron chi connectivity index (χ3n) is 5.09. The summed E-state index contributed by atoms with van der Waals surface area (Å²) in [5, 5.41) is 17.9. The second-order valence-electron chi connectivity index (χ2n) is 8.73. The maximum atomic E-state index is 10.8. The number of carbonyl (C=O) groups is 1. The first kappa shape index (κ1) is 18.1. The third-order valence-corrected chi connectivity index (χ3v) is 6.30. The molecule has 2 aliphatic carbocycles. The van der Waals surface area contributed by atoms with E-state index >= 15 is 0 Å². The van der Waals surface area contributed by atoms with E-state index in [0.717, 1.165) is 11.6 Å². The molecule has 1 aromatic heterocycles. The molecule has 2 fully saturated rings. The van der Waals surface area contributed by atoms with E-state index < -0.39 is 5.97 Å². The molecule has 0 radical (unpaired) electrons. The number of hydrogen-bond acceptors (Lipinski definition) is 3. The van der Waals surface area contributed by atoms with Crippen molar-refractivity contribution in [3.8, 4) is 0 Å². The molecule has 2 aliphatic rings. The summed E-state index contributed by atoms with van der Waals surface area (Å²) in [6.45, 7) is 6.94. The molecule has 3 rings (SSSR count). The Labute approximate surface area is 157 Å². The summed E-state index contributed by atoms with van der Waals surface area (Å²) >= 11 is 2.34. The first-order chi connectivity index (χ1) is 11.2. The van der Waals surface area contributed by atoms with Gasteiger partial charge in [-0.05, 0) is 49.9 Å². The number of rotatable bonds is 7. The molecule has 0 saturated heterocycles. The summed E-state index contributed by atoms with van der Waals surface area (Å²) in [5.41, 5.74) is 2.74. The standard InChI is InChI=1S/C18H28IN3O2/c1-18(2,3)10-11-8-13(9-11)22-17(12-4-5-12)16(20-21-22)14(19)6-7-15(23)24/h11-14H,4-10H2,1-3H3,(H,23,24). The molecule has 0 spiro atoms. The van der Waals surface area contributed by atoms with E-state index in [2.05, 4.69) is 58.4 Å². The van der Waals surface area contributed by atoms with Crippen LogP contribution in [0.5, 0.6) is 0 Å². The Morgan fingerprint density at radius 1 is 1.38 bits per heavy atom. The lowest BCUT2D eigenvalue weighted by molar-refractivity contribution is -0.137. The predicted octanol–water partition coefficient (Wildman–Crippen LogP) is 4.88. The molecule has 6 heteroatoms. The van der Waals surface area contributed by atoms with Gasteiger partial charge in [-0.25, -0.2) is 4.68 Å². The van der Waals surface area contributed by atoms with Gasteiger partial charge in [0.15, 0.2) is 0 Å². The van der Waals surface area contributed by atoms with Crippen molar-refractivity contribution >= 4 is 28.6 Å². The molecule has 0 aliphatic heterocycles. The highest BCUT2D eigenvalue weighted by molar-refractivity contribution is 14.1. The molecule has 0 bridgehead atoms. The van der Waals surface area contributed by atoms with Crippen LogP contribution in [0.15, 0.2) is 0 Å². The van der Waals surface area contributed by atoms with Crippen molar-refractivity contribution in [2.24, 2.45) is 11.3 Å². The van der Waals surface area contributed by atoms with E-state index in [1.54, 1.807) is 0 Å². The largest absolute Gasteiger partial charge is 0.481 e. The highest BCUT2D eigenvalue weighted by Gasteiger charge is 2.40. The van der Waals surface area contributed by atoms with E-state index in [0.29, 0.717) is 23.8 Å². The van der Waals surface area contributed by atoms with Crippen LogP contribution in [0.2, 0.25) is 0 Å².